The van der Waals surface area contributed by atoms with Gasteiger partial charge in [0.05, 0.1) is 0 Å². The van der Waals surface area contributed by atoms with Crippen molar-refractivity contribution in [3.8, 4) is 0 Å². The molecule has 0 amide bonds. The van der Waals surface area contributed by atoms with Gasteiger partial charge in [-0.15, -0.1) is 11.3 Å². The SMILES string of the molecule is CCC1CNC(C)(C)CN1Cc1cc(C)c(C)s1. The molecular formula is C15H26N2S. The monoisotopic (exact) mass is 266 g/mol. The summed E-state index contributed by atoms with van der Waals surface area (Å²) in [6, 6.07) is 3.04. The Morgan fingerprint density at radius 2 is 2.17 bits per heavy atom. The Balaban J connectivity index is 2.09. The summed E-state index contributed by atoms with van der Waals surface area (Å²) in [4.78, 5) is 5.63. The van der Waals surface area contributed by atoms with E-state index in [4.69, 9.17) is 0 Å². The van der Waals surface area contributed by atoms with Gasteiger partial charge < -0.3 is 5.32 Å². The van der Waals surface area contributed by atoms with E-state index < -0.39 is 0 Å². The van der Waals surface area contributed by atoms with E-state index in [9.17, 15) is 0 Å². The van der Waals surface area contributed by atoms with Crippen LogP contribution in [0.4, 0.5) is 0 Å². The van der Waals surface area contributed by atoms with E-state index in [1.165, 1.54) is 21.7 Å². The lowest BCUT2D eigenvalue weighted by molar-refractivity contribution is 0.0868. The lowest BCUT2D eigenvalue weighted by Gasteiger charge is -2.44. The fourth-order valence-electron chi connectivity index (χ4n) is 2.73. The van der Waals surface area contributed by atoms with E-state index >= 15 is 0 Å². The summed E-state index contributed by atoms with van der Waals surface area (Å²) in [6.07, 6.45) is 1.23. The summed E-state index contributed by atoms with van der Waals surface area (Å²) in [5, 5.41) is 3.65. The van der Waals surface area contributed by atoms with Crippen LogP contribution in [0, 0.1) is 13.8 Å². The number of nitrogens with zero attached hydrogens (tertiary/aromatic N) is 1. The van der Waals surface area contributed by atoms with Gasteiger partial charge in [0.25, 0.3) is 0 Å². The normalized spacial score (nSPS) is 24.4. The third kappa shape index (κ3) is 3.14. The molecule has 0 saturated carbocycles. The first kappa shape index (κ1) is 14.0. The first-order valence-electron chi connectivity index (χ1n) is 6.96. The second kappa shape index (κ2) is 5.32. The highest BCUT2D eigenvalue weighted by molar-refractivity contribution is 7.12. The predicted molar refractivity (Wildman–Crippen MR) is 80.4 cm³/mol. The third-order valence-corrected chi connectivity index (χ3v) is 5.12. The highest BCUT2D eigenvalue weighted by Gasteiger charge is 2.31. The Kier molecular flexibility index (Phi) is 4.15. The number of rotatable bonds is 3. The van der Waals surface area contributed by atoms with Gasteiger partial charge >= 0.3 is 0 Å². The van der Waals surface area contributed by atoms with Gasteiger partial charge in [-0.3, -0.25) is 4.90 Å². The Labute approximate surface area is 115 Å². The van der Waals surface area contributed by atoms with Crippen molar-refractivity contribution >= 4 is 11.3 Å². The largest absolute Gasteiger partial charge is 0.309 e. The van der Waals surface area contributed by atoms with Crippen molar-refractivity contribution in [1.29, 1.82) is 0 Å². The van der Waals surface area contributed by atoms with E-state index in [-0.39, 0.29) is 5.54 Å². The standard InChI is InChI=1S/C15H26N2S/c1-6-13-8-16-15(4,5)10-17(13)9-14-7-11(2)12(3)18-14/h7,13,16H,6,8-10H2,1-5H3. The summed E-state index contributed by atoms with van der Waals surface area (Å²) in [5.41, 5.74) is 1.69. The molecule has 0 aromatic carbocycles. The average molecular weight is 266 g/mol. The van der Waals surface area contributed by atoms with Crippen LogP contribution in [0.3, 0.4) is 0 Å². The Hall–Kier alpha value is -0.380. The van der Waals surface area contributed by atoms with Crippen LogP contribution < -0.4 is 5.32 Å². The zero-order valence-corrected chi connectivity index (χ0v) is 13.2. The van der Waals surface area contributed by atoms with Crippen molar-refractivity contribution in [3.05, 3.63) is 21.4 Å². The average Bonchev–Trinajstić information content (AvgIpc) is 2.57. The summed E-state index contributed by atoms with van der Waals surface area (Å²) in [6.45, 7) is 14.7. The molecule has 18 heavy (non-hydrogen) atoms. The molecule has 0 aliphatic carbocycles. The molecule has 0 spiro atoms. The van der Waals surface area contributed by atoms with Gasteiger partial charge in [0, 0.05) is 41.0 Å². The molecular weight excluding hydrogens is 240 g/mol. The van der Waals surface area contributed by atoms with Crippen LogP contribution in [-0.4, -0.2) is 29.6 Å². The lowest BCUT2D eigenvalue weighted by Crippen LogP contribution is -2.60. The molecule has 0 bridgehead atoms. The number of hydrogen-bond donors (Lipinski definition) is 1. The van der Waals surface area contributed by atoms with Crippen LogP contribution in [0.5, 0.6) is 0 Å². The highest BCUT2D eigenvalue weighted by atomic mass is 32.1. The smallest absolute Gasteiger partial charge is 0.0332 e. The van der Waals surface area contributed by atoms with Gasteiger partial charge in [-0.2, -0.15) is 0 Å². The first-order chi connectivity index (χ1) is 8.41. The van der Waals surface area contributed by atoms with Gasteiger partial charge in [-0.05, 0) is 45.7 Å². The maximum atomic E-state index is 3.65. The number of piperazine rings is 1. The van der Waals surface area contributed by atoms with Crippen LogP contribution in [0.15, 0.2) is 6.07 Å². The molecule has 102 valence electrons. The van der Waals surface area contributed by atoms with Crippen molar-refractivity contribution < 1.29 is 0 Å². The summed E-state index contributed by atoms with van der Waals surface area (Å²) in [5.74, 6) is 0. The minimum absolute atomic E-state index is 0.243. The van der Waals surface area contributed by atoms with Crippen LogP contribution in [0.2, 0.25) is 0 Å². The molecule has 1 atom stereocenters. The third-order valence-electron chi connectivity index (χ3n) is 3.98. The second-order valence-corrected chi connectivity index (χ2v) is 7.52. The number of aryl methyl sites for hydroxylation is 2. The van der Waals surface area contributed by atoms with E-state index in [1.54, 1.807) is 0 Å². The topological polar surface area (TPSA) is 15.3 Å². The predicted octanol–water partition coefficient (Wildman–Crippen LogP) is 3.33. The molecule has 1 fully saturated rings. The summed E-state index contributed by atoms with van der Waals surface area (Å²) >= 11 is 1.96. The number of hydrogen-bond acceptors (Lipinski definition) is 3. The van der Waals surface area contributed by atoms with Gasteiger partial charge in [0.1, 0.15) is 0 Å². The molecule has 1 unspecified atom stereocenters. The van der Waals surface area contributed by atoms with Gasteiger partial charge in [0.15, 0.2) is 0 Å². The van der Waals surface area contributed by atoms with Crippen LogP contribution >= 0.6 is 11.3 Å². The molecule has 1 aromatic rings. The maximum Gasteiger partial charge on any atom is 0.0332 e. The second-order valence-electron chi connectivity index (χ2n) is 6.18. The van der Waals surface area contributed by atoms with E-state index in [0.29, 0.717) is 6.04 Å². The molecule has 1 aliphatic heterocycles. The van der Waals surface area contributed by atoms with Crippen LogP contribution in [0.25, 0.3) is 0 Å². The quantitative estimate of drug-likeness (QED) is 0.903. The van der Waals surface area contributed by atoms with Crippen LogP contribution in [-0.2, 0) is 6.54 Å². The minimum Gasteiger partial charge on any atom is -0.309 e. The van der Waals surface area contributed by atoms with Gasteiger partial charge in [0.2, 0.25) is 0 Å². The van der Waals surface area contributed by atoms with E-state index in [2.05, 4.69) is 50.9 Å². The molecule has 2 nitrogen and oxygen atoms in total. The first-order valence-corrected chi connectivity index (χ1v) is 7.78. The summed E-state index contributed by atoms with van der Waals surface area (Å²) < 4.78 is 0. The molecule has 1 saturated heterocycles. The molecule has 1 aromatic heterocycles. The van der Waals surface area contributed by atoms with Crippen molar-refractivity contribution in [3.63, 3.8) is 0 Å². The zero-order chi connectivity index (χ0) is 13.3. The van der Waals surface area contributed by atoms with Crippen LogP contribution in [0.1, 0.15) is 42.5 Å². The highest BCUT2D eigenvalue weighted by Crippen LogP contribution is 2.25. The molecule has 2 heterocycles. The Morgan fingerprint density at radius 3 is 2.72 bits per heavy atom. The maximum absolute atomic E-state index is 3.65. The summed E-state index contributed by atoms with van der Waals surface area (Å²) in [7, 11) is 0. The minimum atomic E-state index is 0.243. The molecule has 0 radical (unpaired) electrons. The fraction of sp³-hybridized carbons (Fsp3) is 0.733. The molecule has 2 rings (SSSR count). The Bertz CT molecular complexity index is 389. The van der Waals surface area contributed by atoms with Gasteiger partial charge in [-0.1, -0.05) is 6.92 Å². The van der Waals surface area contributed by atoms with Gasteiger partial charge in [-0.25, -0.2) is 0 Å². The number of thiophene rings is 1. The lowest BCUT2D eigenvalue weighted by atomic mass is 9.97. The van der Waals surface area contributed by atoms with E-state index in [0.717, 1.165) is 19.6 Å². The van der Waals surface area contributed by atoms with E-state index in [1.807, 2.05) is 11.3 Å². The molecule has 3 heteroatoms. The van der Waals surface area contributed by atoms with Crippen molar-refractivity contribution in [2.45, 2.75) is 59.2 Å². The Morgan fingerprint density at radius 1 is 1.44 bits per heavy atom. The van der Waals surface area contributed by atoms with Crippen molar-refractivity contribution in [1.82, 2.24) is 10.2 Å². The number of nitrogens with one attached hydrogen (secondary N) is 1. The molecule has 1 N–H and O–H groups in total. The van der Waals surface area contributed by atoms with Crippen molar-refractivity contribution in [2.24, 2.45) is 0 Å². The zero-order valence-electron chi connectivity index (χ0n) is 12.3. The fourth-order valence-corrected chi connectivity index (χ4v) is 3.81. The van der Waals surface area contributed by atoms with Crippen molar-refractivity contribution in [2.75, 3.05) is 13.1 Å². The molecule has 1 aliphatic rings.